The van der Waals surface area contributed by atoms with Crippen LogP contribution in [0.5, 0.6) is 0 Å². The lowest BCUT2D eigenvalue weighted by Crippen LogP contribution is -2.15. The Labute approximate surface area is 119 Å². The van der Waals surface area contributed by atoms with Crippen LogP contribution in [0, 0.1) is 0 Å². The molecule has 0 aliphatic carbocycles. The summed E-state index contributed by atoms with van der Waals surface area (Å²) in [4.78, 5) is 25.7. The first-order chi connectivity index (χ1) is 9.54. The van der Waals surface area contributed by atoms with Gasteiger partial charge in [-0.25, -0.2) is 4.79 Å². The predicted molar refractivity (Wildman–Crippen MR) is 78.9 cm³/mol. The molecule has 0 saturated carbocycles. The number of hydrogen-bond donors (Lipinski definition) is 0. The van der Waals surface area contributed by atoms with E-state index < -0.39 is 5.97 Å². The molecule has 20 heavy (non-hydrogen) atoms. The first-order valence-corrected chi connectivity index (χ1v) is 6.37. The average Bonchev–Trinajstić information content (AvgIpc) is 2.43. The van der Waals surface area contributed by atoms with E-state index in [1.165, 1.54) is 6.08 Å². The third-order valence-electron chi connectivity index (χ3n) is 2.40. The predicted octanol–water partition coefficient (Wildman–Crippen LogP) is 2.28. The summed E-state index contributed by atoms with van der Waals surface area (Å²) in [6.07, 6.45) is 4.49. The van der Waals surface area contributed by atoms with Crippen LogP contribution in [-0.2, 0) is 14.3 Å². The Bertz CT molecular complexity index is 516. The van der Waals surface area contributed by atoms with E-state index in [2.05, 4.69) is 0 Å². The Morgan fingerprint density at radius 1 is 1.20 bits per heavy atom. The van der Waals surface area contributed by atoms with E-state index in [-0.39, 0.29) is 18.0 Å². The van der Waals surface area contributed by atoms with Crippen LogP contribution in [0.4, 0.5) is 0 Å². The lowest BCUT2D eigenvalue weighted by molar-refractivity contribution is -0.139. The van der Waals surface area contributed by atoms with Gasteiger partial charge in [0.25, 0.3) is 0 Å². The molecule has 1 rings (SSSR count). The highest BCUT2D eigenvalue weighted by atomic mass is 16.5. The Kier molecular flexibility index (Phi) is 6.23. The Morgan fingerprint density at radius 2 is 1.85 bits per heavy atom. The molecule has 0 heterocycles. The molecule has 0 unspecified atom stereocenters. The van der Waals surface area contributed by atoms with E-state index in [0.717, 1.165) is 5.56 Å². The fourth-order valence-electron chi connectivity index (χ4n) is 1.46. The molecule has 0 N–H and O–H groups in total. The van der Waals surface area contributed by atoms with E-state index in [1.54, 1.807) is 38.2 Å². The van der Waals surface area contributed by atoms with Crippen LogP contribution >= 0.6 is 0 Å². The third kappa shape index (κ3) is 5.10. The maximum absolute atomic E-state index is 12.1. The molecular formula is C16H19NO3. The molecule has 0 radical (unpaired) electrons. The fourth-order valence-corrected chi connectivity index (χ4v) is 1.46. The highest BCUT2D eigenvalue weighted by molar-refractivity contribution is 6.24. The number of hydrogen-bond acceptors (Lipinski definition) is 4. The molecule has 0 bridgehead atoms. The number of allylic oxidation sites excluding steroid dienone is 1. The van der Waals surface area contributed by atoms with E-state index in [1.807, 2.05) is 30.3 Å². The normalized spacial score (nSPS) is 11.4. The smallest absolute Gasteiger partial charge is 0.342 e. The summed E-state index contributed by atoms with van der Waals surface area (Å²) in [5.41, 5.74) is 0.804. The summed E-state index contributed by atoms with van der Waals surface area (Å²) in [6.45, 7) is 1.94. The van der Waals surface area contributed by atoms with Crippen LogP contribution in [0.25, 0.3) is 6.08 Å². The maximum Gasteiger partial charge on any atom is 0.342 e. The number of rotatable bonds is 6. The van der Waals surface area contributed by atoms with Crippen molar-refractivity contribution in [2.75, 3.05) is 20.7 Å². The molecule has 4 heteroatoms. The van der Waals surface area contributed by atoms with Gasteiger partial charge in [-0.05, 0) is 18.6 Å². The number of ether oxygens (including phenoxy) is 1. The van der Waals surface area contributed by atoms with E-state index in [0.29, 0.717) is 0 Å². The molecular weight excluding hydrogens is 254 g/mol. The van der Waals surface area contributed by atoms with Crippen LogP contribution in [0.1, 0.15) is 12.5 Å². The number of benzene rings is 1. The zero-order chi connectivity index (χ0) is 15.0. The minimum atomic E-state index is -0.607. The van der Waals surface area contributed by atoms with Crippen LogP contribution < -0.4 is 0 Å². The zero-order valence-electron chi connectivity index (χ0n) is 12.0. The van der Waals surface area contributed by atoms with Gasteiger partial charge in [-0.15, -0.1) is 0 Å². The summed E-state index contributed by atoms with van der Waals surface area (Å²) in [6, 6.07) is 9.20. The van der Waals surface area contributed by atoms with E-state index >= 15 is 0 Å². The SMILES string of the molecule is CCOC(=O)C(=Cc1ccccc1)C(=O)C=CN(C)C. The summed E-state index contributed by atoms with van der Waals surface area (Å²) < 4.78 is 4.93. The number of carbonyl (C=O) groups is 2. The Morgan fingerprint density at radius 3 is 2.40 bits per heavy atom. The molecule has 0 spiro atoms. The summed E-state index contributed by atoms with van der Waals surface area (Å²) in [5.74, 6) is -0.981. The summed E-state index contributed by atoms with van der Waals surface area (Å²) >= 11 is 0. The molecule has 0 saturated heterocycles. The Hall–Kier alpha value is -2.36. The van der Waals surface area contributed by atoms with Crippen molar-refractivity contribution in [2.45, 2.75) is 6.92 Å². The largest absolute Gasteiger partial charge is 0.462 e. The van der Waals surface area contributed by atoms with Crippen LogP contribution in [0.3, 0.4) is 0 Å². The molecule has 106 valence electrons. The first-order valence-electron chi connectivity index (χ1n) is 6.37. The van der Waals surface area contributed by atoms with Gasteiger partial charge in [-0.3, -0.25) is 4.79 Å². The Balaban J connectivity index is 3.06. The van der Waals surface area contributed by atoms with Crippen LogP contribution in [-0.4, -0.2) is 37.4 Å². The molecule has 4 nitrogen and oxygen atoms in total. The first kappa shape index (κ1) is 15.7. The van der Waals surface area contributed by atoms with Gasteiger partial charge < -0.3 is 9.64 Å². The van der Waals surface area contributed by atoms with Crippen molar-refractivity contribution in [3.05, 3.63) is 53.7 Å². The van der Waals surface area contributed by atoms with Crippen molar-refractivity contribution < 1.29 is 14.3 Å². The van der Waals surface area contributed by atoms with Gasteiger partial charge in [-0.1, -0.05) is 30.3 Å². The minimum Gasteiger partial charge on any atom is -0.462 e. The van der Waals surface area contributed by atoms with Gasteiger partial charge in [0.15, 0.2) is 5.78 Å². The molecule has 0 amide bonds. The second-order valence-corrected chi connectivity index (χ2v) is 4.33. The monoisotopic (exact) mass is 273 g/mol. The zero-order valence-corrected chi connectivity index (χ0v) is 12.0. The average molecular weight is 273 g/mol. The second-order valence-electron chi connectivity index (χ2n) is 4.33. The highest BCUT2D eigenvalue weighted by Gasteiger charge is 2.17. The summed E-state index contributed by atoms with van der Waals surface area (Å²) in [7, 11) is 3.60. The van der Waals surface area contributed by atoms with Crippen LogP contribution in [0.15, 0.2) is 48.2 Å². The van der Waals surface area contributed by atoms with Gasteiger partial charge in [0.1, 0.15) is 5.57 Å². The van der Waals surface area contributed by atoms with Crippen molar-refractivity contribution in [1.82, 2.24) is 4.90 Å². The number of nitrogens with zero attached hydrogens (tertiary/aromatic N) is 1. The molecule has 0 atom stereocenters. The maximum atomic E-state index is 12.1. The molecule has 0 fully saturated rings. The van der Waals surface area contributed by atoms with Crippen LogP contribution in [0.2, 0.25) is 0 Å². The van der Waals surface area contributed by atoms with Crippen molar-refractivity contribution in [3.63, 3.8) is 0 Å². The number of ketones is 1. The number of carbonyl (C=O) groups excluding carboxylic acids is 2. The fraction of sp³-hybridized carbons (Fsp3) is 0.250. The van der Waals surface area contributed by atoms with Gasteiger partial charge in [0.05, 0.1) is 6.61 Å². The summed E-state index contributed by atoms with van der Waals surface area (Å²) in [5, 5.41) is 0. The minimum absolute atomic E-state index is 0.0242. The van der Waals surface area contributed by atoms with Gasteiger partial charge >= 0.3 is 5.97 Å². The van der Waals surface area contributed by atoms with Gasteiger partial charge in [0, 0.05) is 26.4 Å². The molecule has 0 aliphatic heterocycles. The van der Waals surface area contributed by atoms with E-state index in [9.17, 15) is 9.59 Å². The lowest BCUT2D eigenvalue weighted by atomic mass is 10.1. The number of esters is 1. The highest BCUT2D eigenvalue weighted by Crippen LogP contribution is 2.10. The lowest BCUT2D eigenvalue weighted by Gasteiger charge is -2.06. The standard InChI is InChI=1S/C16H19NO3/c1-4-20-16(19)14(15(18)10-11-17(2)3)12-13-8-6-5-7-9-13/h5-12H,4H2,1-3H3. The molecule has 1 aromatic carbocycles. The topological polar surface area (TPSA) is 46.6 Å². The van der Waals surface area contributed by atoms with E-state index in [4.69, 9.17) is 4.74 Å². The van der Waals surface area contributed by atoms with Crippen molar-refractivity contribution >= 4 is 17.8 Å². The quantitative estimate of drug-likeness (QED) is 0.345. The van der Waals surface area contributed by atoms with Crippen molar-refractivity contribution in [2.24, 2.45) is 0 Å². The van der Waals surface area contributed by atoms with Crippen molar-refractivity contribution in [1.29, 1.82) is 0 Å². The third-order valence-corrected chi connectivity index (χ3v) is 2.40. The van der Waals surface area contributed by atoms with Gasteiger partial charge in [0.2, 0.25) is 0 Å². The molecule has 0 aliphatic rings. The molecule has 0 aromatic heterocycles. The van der Waals surface area contributed by atoms with Crippen molar-refractivity contribution in [3.8, 4) is 0 Å². The second kappa shape index (κ2) is 7.94. The molecule has 1 aromatic rings. The van der Waals surface area contributed by atoms with Gasteiger partial charge in [-0.2, -0.15) is 0 Å².